The summed E-state index contributed by atoms with van der Waals surface area (Å²) >= 11 is 0. The average Bonchev–Trinajstić information content (AvgIpc) is 2.93. The van der Waals surface area contributed by atoms with E-state index in [0.29, 0.717) is 0 Å². The first kappa shape index (κ1) is 18.3. The predicted octanol–water partition coefficient (Wildman–Crippen LogP) is 2.36. The van der Waals surface area contributed by atoms with E-state index >= 15 is 0 Å². The van der Waals surface area contributed by atoms with Crippen LogP contribution in [0, 0.1) is 5.82 Å². The molecule has 0 saturated carbocycles. The minimum atomic E-state index is -0.202. The summed E-state index contributed by atoms with van der Waals surface area (Å²) in [6.07, 6.45) is 3.80. The topological polar surface area (TPSA) is 55.5 Å². The van der Waals surface area contributed by atoms with Crippen molar-refractivity contribution < 1.29 is 4.39 Å². The van der Waals surface area contributed by atoms with Gasteiger partial charge in [-0.25, -0.2) is 4.39 Å². The van der Waals surface area contributed by atoms with Crippen molar-refractivity contribution in [2.45, 2.75) is 19.8 Å². The van der Waals surface area contributed by atoms with Gasteiger partial charge in [0, 0.05) is 36.7 Å². The van der Waals surface area contributed by atoms with Crippen LogP contribution in [-0.2, 0) is 6.42 Å². The number of hydrogen-bond donors (Lipinski definition) is 3. The lowest BCUT2D eigenvalue weighted by Crippen LogP contribution is -2.38. The number of aromatic nitrogens is 1. The van der Waals surface area contributed by atoms with Crippen LogP contribution in [0.15, 0.2) is 29.4 Å². The van der Waals surface area contributed by atoms with Crippen molar-refractivity contribution in [1.82, 2.24) is 20.5 Å². The van der Waals surface area contributed by atoms with Gasteiger partial charge in [-0.3, -0.25) is 4.99 Å². The van der Waals surface area contributed by atoms with E-state index in [1.165, 1.54) is 6.07 Å². The molecule has 0 bridgehead atoms. The highest BCUT2D eigenvalue weighted by Crippen LogP contribution is 2.19. The Morgan fingerprint density at radius 3 is 2.88 bits per heavy atom. The van der Waals surface area contributed by atoms with E-state index in [1.807, 2.05) is 6.20 Å². The van der Waals surface area contributed by atoms with Crippen LogP contribution in [0.25, 0.3) is 10.9 Å². The Hall–Kier alpha value is -2.08. The van der Waals surface area contributed by atoms with Crippen LogP contribution in [0.1, 0.15) is 18.9 Å². The first-order valence-corrected chi connectivity index (χ1v) is 8.52. The van der Waals surface area contributed by atoms with Gasteiger partial charge in [-0.15, -0.1) is 0 Å². The second kappa shape index (κ2) is 9.27. The summed E-state index contributed by atoms with van der Waals surface area (Å²) in [4.78, 5) is 9.93. The van der Waals surface area contributed by atoms with Gasteiger partial charge in [-0.05, 0) is 64.2 Å². The molecule has 5 nitrogen and oxygen atoms in total. The molecule has 1 aromatic carbocycles. The van der Waals surface area contributed by atoms with E-state index in [1.54, 1.807) is 12.1 Å². The number of guanidine groups is 1. The third-order valence-electron chi connectivity index (χ3n) is 3.79. The largest absolute Gasteiger partial charge is 0.361 e. The van der Waals surface area contributed by atoms with E-state index in [-0.39, 0.29) is 5.82 Å². The summed E-state index contributed by atoms with van der Waals surface area (Å²) in [7, 11) is 4.13. The van der Waals surface area contributed by atoms with Crippen LogP contribution in [0.4, 0.5) is 4.39 Å². The summed E-state index contributed by atoms with van der Waals surface area (Å²) in [5.41, 5.74) is 2.08. The Balaban J connectivity index is 1.87. The van der Waals surface area contributed by atoms with Crippen LogP contribution in [-0.4, -0.2) is 56.1 Å². The van der Waals surface area contributed by atoms with Crippen LogP contribution >= 0.6 is 0 Å². The Bertz CT molecular complexity index is 662. The van der Waals surface area contributed by atoms with Gasteiger partial charge >= 0.3 is 0 Å². The maximum atomic E-state index is 13.4. The molecule has 6 heteroatoms. The van der Waals surface area contributed by atoms with Gasteiger partial charge < -0.3 is 20.5 Å². The molecule has 1 aromatic heterocycles. The number of hydrogen-bond acceptors (Lipinski definition) is 2. The van der Waals surface area contributed by atoms with E-state index < -0.39 is 0 Å². The van der Waals surface area contributed by atoms with Gasteiger partial charge in [0.2, 0.25) is 0 Å². The molecule has 0 unspecified atom stereocenters. The van der Waals surface area contributed by atoms with Crippen LogP contribution in [0.2, 0.25) is 0 Å². The highest BCUT2D eigenvalue weighted by molar-refractivity contribution is 5.83. The molecule has 0 atom stereocenters. The molecule has 132 valence electrons. The van der Waals surface area contributed by atoms with Crippen molar-refractivity contribution in [3.05, 3.63) is 35.8 Å². The number of benzene rings is 1. The van der Waals surface area contributed by atoms with Gasteiger partial charge in [0.25, 0.3) is 0 Å². The van der Waals surface area contributed by atoms with E-state index in [2.05, 4.69) is 46.5 Å². The summed E-state index contributed by atoms with van der Waals surface area (Å²) in [6.45, 7) is 5.47. The molecule has 0 spiro atoms. The quantitative estimate of drug-likeness (QED) is 0.395. The molecule has 0 amide bonds. The van der Waals surface area contributed by atoms with Gasteiger partial charge in [0.1, 0.15) is 5.82 Å². The number of H-pyrrole nitrogens is 1. The number of nitrogens with zero attached hydrogens (tertiary/aromatic N) is 2. The van der Waals surface area contributed by atoms with Crippen molar-refractivity contribution in [2.75, 3.05) is 40.3 Å². The molecule has 2 rings (SSSR count). The maximum Gasteiger partial charge on any atom is 0.191 e. The standard InChI is InChI=1S/C18H28FN5/c1-4-20-18(21-9-5-11-24(2)3)22-10-8-14-13-23-17-7-6-15(19)12-16(14)17/h6-7,12-13,23H,4-5,8-11H2,1-3H3,(H2,20,21,22). The van der Waals surface area contributed by atoms with Gasteiger partial charge in [-0.2, -0.15) is 0 Å². The second-order valence-electron chi connectivity index (χ2n) is 6.10. The molecule has 24 heavy (non-hydrogen) atoms. The van der Waals surface area contributed by atoms with E-state index in [0.717, 1.165) is 61.4 Å². The summed E-state index contributed by atoms with van der Waals surface area (Å²) in [5, 5.41) is 7.55. The lowest BCUT2D eigenvalue weighted by Gasteiger charge is -2.12. The number of rotatable bonds is 8. The first-order valence-electron chi connectivity index (χ1n) is 8.52. The van der Waals surface area contributed by atoms with Crippen molar-refractivity contribution in [3.8, 4) is 0 Å². The first-order chi connectivity index (χ1) is 11.6. The zero-order chi connectivity index (χ0) is 17.4. The Morgan fingerprint density at radius 1 is 1.29 bits per heavy atom. The second-order valence-corrected chi connectivity index (χ2v) is 6.10. The molecule has 0 radical (unpaired) electrons. The van der Waals surface area contributed by atoms with Crippen molar-refractivity contribution >= 4 is 16.9 Å². The predicted molar refractivity (Wildman–Crippen MR) is 99.1 cm³/mol. The summed E-state index contributed by atoms with van der Waals surface area (Å²) in [5.74, 6) is 0.634. The van der Waals surface area contributed by atoms with Crippen molar-refractivity contribution in [3.63, 3.8) is 0 Å². The number of fused-ring (bicyclic) bond motifs is 1. The summed E-state index contributed by atoms with van der Waals surface area (Å²) < 4.78 is 13.4. The summed E-state index contributed by atoms with van der Waals surface area (Å²) in [6, 6.07) is 4.84. The van der Waals surface area contributed by atoms with Crippen molar-refractivity contribution in [1.29, 1.82) is 0 Å². The lowest BCUT2D eigenvalue weighted by molar-refractivity contribution is 0.403. The van der Waals surface area contributed by atoms with Gasteiger partial charge in [-0.1, -0.05) is 0 Å². The Kier molecular flexibility index (Phi) is 7.06. The van der Waals surface area contributed by atoms with Crippen molar-refractivity contribution in [2.24, 2.45) is 4.99 Å². The van der Waals surface area contributed by atoms with E-state index in [4.69, 9.17) is 0 Å². The zero-order valence-electron chi connectivity index (χ0n) is 14.8. The van der Waals surface area contributed by atoms with Crippen LogP contribution < -0.4 is 10.6 Å². The number of halogens is 1. The highest BCUT2D eigenvalue weighted by Gasteiger charge is 2.05. The minimum absolute atomic E-state index is 0.202. The molecule has 0 aliphatic heterocycles. The molecule has 0 fully saturated rings. The maximum absolute atomic E-state index is 13.4. The molecule has 0 saturated heterocycles. The Morgan fingerprint density at radius 2 is 2.12 bits per heavy atom. The number of nitrogens with one attached hydrogen (secondary N) is 3. The average molecular weight is 333 g/mol. The molecule has 0 aliphatic carbocycles. The molecular formula is C18H28FN5. The molecule has 0 aliphatic rings. The molecule has 1 heterocycles. The fraction of sp³-hybridized carbons (Fsp3) is 0.500. The minimum Gasteiger partial charge on any atom is -0.361 e. The monoisotopic (exact) mass is 333 g/mol. The third-order valence-corrected chi connectivity index (χ3v) is 3.79. The van der Waals surface area contributed by atoms with Gasteiger partial charge in [0.05, 0.1) is 0 Å². The van der Waals surface area contributed by atoms with Crippen LogP contribution in [0.5, 0.6) is 0 Å². The lowest BCUT2D eigenvalue weighted by atomic mass is 10.1. The smallest absolute Gasteiger partial charge is 0.191 e. The SMILES string of the molecule is CCNC(=NCCCN(C)C)NCCc1c[nH]c2ccc(F)cc12. The fourth-order valence-corrected chi connectivity index (χ4v) is 2.59. The number of aliphatic imine (C=N–C) groups is 1. The van der Waals surface area contributed by atoms with Gasteiger partial charge in [0.15, 0.2) is 5.96 Å². The normalized spacial score (nSPS) is 12.1. The third kappa shape index (κ3) is 5.53. The van der Waals surface area contributed by atoms with Crippen LogP contribution in [0.3, 0.4) is 0 Å². The fourth-order valence-electron chi connectivity index (χ4n) is 2.59. The highest BCUT2D eigenvalue weighted by atomic mass is 19.1. The number of aromatic amines is 1. The molecular weight excluding hydrogens is 305 g/mol. The Labute approximate surface area is 143 Å². The van der Waals surface area contributed by atoms with E-state index in [9.17, 15) is 4.39 Å². The molecule has 2 aromatic rings. The molecule has 3 N–H and O–H groups in total. The zero-order valence-corrected chi connectivity index (χ0v) is 14.8.